The maximum absolute atomic E-state index is 12.9. The number of urea groups is 1. The molecule has 230 valence electrons. The Balaban J connectivity index is 1.28. The van der Waals surface area contributed by atoms with Gasteiger partial charge in [0, 0.05) is 5.56 Å². The van der Waals surface area contributed by atoms with Gasteiger partial charge in [0.25, 0.3) is 0 Å². The quantitative estimate of drug-likeness (QED) is 0.241. The molecule has 0 aliphatic carbocycles. The highest BCUT2D eigenvalue weighted by molar-refractivity contribution is 8.15. The number of aromatic nitrogens is 3. The van der Waals surface area contributed by atoms with E-state index in [1.54, 1.807) is 24.3 Å². The van der Waals surface area contributed by atoms with Crippen LogP contribution in [0.4, 0.5) is 23.7 Å². The molecule has 10 nitrogen and oxygen atoms in total. The average molecular weight is 634 g/mol. The number of amidine groups is 1. The third-order valence-electron chi connectivity index (χ3n) is 6.81. The van der Waals surface area contributed by atoms with E-state index in [1.165, 1.54) is 40.2 Å². The molecule has 14 heteroatoms. The maximum Gasteiger partial charge on any atom is 0.573 e. The molecule has 3 amide bonds. The van der Waals surface area contributed by atoms with E-state index in [2.05, 4.69) is 31.2 Å². The maximum atomic E-state index is 12.9. The van der Waals surface area contributed by atoms with E-state index in [-0.39, 0.29) is 28.5 Å². The number of ether oxygens (including phenoxy) is 1. The molecule has 0 saturated carbocycles. The number of carbonyl (C=O) groups excluding carboxylic acids is 2. The van der Waals surface area contributed by atoms with Gasteiger partial charge in [-0.25, -0.2) is 14.5 Å². The first-order valence-electron chi connectivity index (χ1n) is 13.7. The highest BCUT2D eigenvalue weighted by atomic mass is 32.2. The molecule has 1 aromatic heterocycles. The van der Waals surface area contributed by atoms with E-state index >= 15 is 0 Å². The van der Waals surface area contributed by atoms with Gasteiger partial charge in [0.2, 0.25) is 5.91 Å². The summed E-state index contributed by atoms with van der Waals surface area (Å²) in [5.41, 5.74) is 4.26. The number of hydrogen-bond acceptors (Lipinski definition) is 7. The summed E-state index contributed by atoms with van der Waals surface area (Å²) in [6.07, 6.45) is -3.37. The van der Waals surface area contributed by atoms with Crippen molar-refractivity contribution in [2.45, 2.75) is 39.1 Å². The molecular formula is C31H26F3N7O3S. The van der Waals surface area contributed by atoms with E-state index in [0.29, 0.717) is 28.3 Å². The molecule has 0 bridgehead atoms. The van der Waals surface area contributed by atoms with Gasteiger partial charge in [-0.15, -0.1) is 18.3 Å². The number of nitrogens with one attached hydrogen (secondary N) is 1. The smallest absolute Gasteiger partial charge is 0.406 e. The molecule has 1 unspecified atom stereocenters. The number of carbonyl (C=O) groups is 2. The van der Waals surface area contributed by atoms with Gasteiger partial charge in [0.15, 0.2) is 11.0 Å². The van der Waals surface area contributed by atoms with Crippen LogP contribution in [0.15, 0.2) is 78.0 Å². The van der Waals surface area contributed by atoms with Gasteiger partial charge in [0.05, 0.1) is 23.2 Å². The number of nitriles is 1. The fraction of sp³-hybridized carbons (Fsp3) is 0.226. The third-order valence-corrected chi connectivity index (χ3v) is 7.73. The normalized spacial score (nSPS) is 14.9. The molecule has 1 atom stereocenters. The Morgan fingerprint density at radius 2 is 1.82 bits per heavy atom. The summed E-state index contributed by atoms with van der Waals surface area (Å²) in [4.78, 5) is 35.6. The van der Waals surface area contributed by atoms with Crippen LogP contribution in [-0.2, 0) is 4.79 Å². The zero-order valence-electron chi connectivity index (χ0n) is 24.2. The Morgan fingerprint density at radius 3 is 2.47 bits per heavy atom. The van der Waals surface area contributed by atoms with E-state index in [0.717, 1.165) is 22.9 Å². The number of thioether (sulfide) groups is 1. The minimum absolute atomic E-state index is 0.137. The first-order chi connectivity index (χ1) is 21.4. The molecule has 45 heavy (non-hydrogen) atoms. The summed E-state index contributed by atoms with van der Waals surface area (Å²) in [5.74, 6) is 0.0726. The first kappa shape index (κ1) is 31.3. The average Bonchev–Trinajstić information content (AvgIpc) is 3.62. The van der Waals surface area contributed by atoms with Crippen molar-refractivity contribution < 1.29 is 27.5 Å². The number of nitrogens with zero attached hydrogens (tertiary/aromatic N) is 6. The lowest BCUT2D eigenvalue weighted by atomic mass is 9.95. The van der Waals surface area contributed by atoms with E-state index in [4.69, 9.17) is 0 Å². The second kappa shape index (κ2) is 12.8. The van der Waals surface area contributed by atoms with Crippen LogP contribution in [0.3, 0.4) is 0 Å². The van der Waals surface area contributed by atoms with Crippen LogP contribution in [0.5, 0.6) is 5.75 Å². The fourth-order valence-electron chi connectivity index (χ4n) is 4.87. The molecule has 2 heterocycles. The number of aliphatic imine (C=N–C) groups is 1. The fourth-order valence-corrected chi connectivity index (χ4v) is 5.73. The van der Waals surface area contributed by atoms with Crippen molar-refractivity contribution in [3.05, 3.63) is 89.7 Å². The van der Waals surface area contributed by atoms with Crippen molar-refractivity contribution >= 4 is 34.6 Å². The summed E-state index contributed by atoms with van der Waals surface area (Å²) >= 11 is 1.16. The van der Waals surface area contributed by atoms with E-state index in [9.17, 15) is 28.0 Å². The van der Waals surface area contributed by atoms with Crippen LogP contribution in [0.25, 0.3) is 17.1 Å². The van der Waals surface area contributed by atoms with Crippen molar-refractivity contribution in [1.29, 1.82) is 5.26 Å². The summed E-state index contributed by atoms with van der Waals surface area (Å²) in [6.45, 7) is 6.04. The predicted octanol–water partition coefficient (Wildman–Crippen LogP) is 6.68. The molecule has 0 radical (unpaired) electrons. The Kier molecular flexibility index (Phi) is 8.92. The van der Waals surface area contributed by atoms with Gasteiger partial charge in [-0.05, 0) is 59.9 Å². The molecule has 1 fully saturated rings. The van der Waals surface area contributed by atoms with Gasteiger partial charge in [-0.3, -0.25) is 9.69 Å². The van der Waals surface area contributed by atoms with E-state index < -0.39 is 18.4 Å². The highest BCUT2D eigenvalue weighted by Crippen LogP contribution is 2.35. The summed E-state index contributed by atoms with van der Waals surface area (Å²) < 4.78 is 42.6. The Bertz CT molecular complexity index is 1800. The van der Waals surface area contributed by atoms with Crippen LogP contribution >= 0.6 is 11.8 Å². The van der Waals surface area contributed by atoms with E-state index in [1.807, 2.05) is 39.0 Å². The highest BCUT2D eigenvalue weighted by Gasteiger charge is 2.33. The van der Waals surface area contributed by atoms with Crippen LogP contribution in [0, 0.1) is 18.3 Å². The minimum Gasteiger partial charge on any atom is -0.406 e. The van der Waals surface area contributed by atoms with Gasteiger partial charge < -0.3 is 10.1 Å². The van der Waals surface area contributed by atoms with Gasteiger partial charge in [0.1, 0.15) is 18.1 Å². The van der Waals surface area contributed by atoms with Crippen molar-refractivity contribution in [3.63, 3.8) is 0 Å². The van der Waals surface area contributed by atoms with Crippen LogP contribution in [0.1, 0.15) is 42.5 Å². The molecule has 5 rings (SSSR count). The number of amides is 3. The topological polar surface area (TPSA) is 126 Å². The number of hydrogen-bond donors (Lipinski definition) is 1. The van der Waals surface area contributed by atoms with Crippen molar-refractivity contribution in [2.24, 2.45) is 4.99 Å². The second-order valence-corrected chi connectivity index (χ2v) is 11.2. The second-order valence-electron chi connectivity index (χ2n) is 10.3. The Labute approximate surface area is 260 Å². The predicted molar refractivity (Wildman–Crippen MR) is 163 cm³/mol. The number of halogens is 3. The number of benzene rings is 3. The molecule has 1 aliphatic rings. The lowest BCUT2D eigenvalue weighted by molar-refractivity contribution is -0.274. The molecule has 0 spiro atoms. The molecule has 1 aliphatic heterocycles. The standard InChI is InChI=1S/C31H26F3N7O3S/c1-18(2)27-19(3)5-4-6-25(27)41-26(42)16-45-30(41)38-29(43)37-24(15-35)20-7-9-21(10-8-20)28-36-17-40(39-28)22-11-13-23(14-12-22)44-31(32,33)34/h4-14,17-18,24H,16H2,1-3H3,(H,37,43)/b38-30-. The SMILES string of the molecule is Cc1cccc(N2C(=O)CS/C2=N\C(=O)NC(C#N)c2ccc(-c3ncn(-c4ccc(OC(F)(F)F)cc4)n3)cc2)c1C(C)C. The number of anilines is 1. The summed E-state index contributed by atoms with van der Waals surface area (Å²) in [7, 11) is 0. The monoisotopic (exact) mass is 633 g/mol. The van der Waals surface area contributed by atoms with Crippen LogP contribution in [0.2, 0.25) is 0 Å². The van der Waals surface area contributed by atoms with Crippen molar-refractivity contribution in [2.75, 3.05) is 10.7 Å². The van der Waals surface area contributed by atoms with Crippen molar-refractivity contribution in [1.82, 2.24) is 20.1 Å². The summed E-state index contributed by atoms with van der Waals surface area (Å²) in [5, 5.41) is 17.0. The lowest BCUT2D eigenvalue weighted by Crippen LogP contribution is -2.33. The lowest BCUT2D eigenvalue weighted by Gasteiger charge is -2.23. The van der Waals surface area contributed by atoms with Crippen LogP contribution in [-0.4, -0.2) is 44.0 Å². The number of aryl methyl sites for hydroxylation is 1. The molecule has 1 N–H and O–H groups in total. The Hall–Kier alpha value is -5.16. The summed E-state index contributed by atoms with van der Waals surface area (Å²) in [6, 6.07) is 17.7. The number of rotatable bonds is 7. The first-order valence-corrected chi connectivity index (χ1v) is 14.6. The van der Waals surface area contributed by atoms with Crippen LogP contribution < -0.4 is 15.0 Å². The third kappa shape index (κ3) is 7.15. The molecular weight excluding hydrogens is 607 g/mol. The Morgan fingerprint density at radius 1 is 1.11 bits per heavy atom. The zero-order chi connectivity index (χ0) is 32.3. The molecule has 3 aromatic carbocycles. The number of alkyl halides is 3. The van der Waals surface area contributed by atoms with Gasteiger partial charge in [-0.2, -0.15) is 10.3 Å². The largest absolute Gasteiger partial charge is 0.573 e. The van der Waals surface area contributed by atoms with Gasteiger partial charge >= 0.3 is 12.4 Å². The minimum atomic E-state index is -4.79. The zero-order valence-corrected chi connectivity index (χ0v) is 25.1. The molecule has 1 saturated heterocycles. The van der Waals surface area contributed by atoms with Gasteiger partial charge in [-0.1, -0.05) is 62.0 Å². The molecule has 4 aromatic rings. The van der Waals surface area contributed by atoms with Crippen molar-refractivity contribution in [3.8, 4) is 28.9 Å².